The minimum atomic E-state index is -0.811. The lowest BCUT2D eigenvalue weighted by Crippen LogP contribution is -2.27. The van der Waals surface area contributed by atoms with Gasteiger partial charge in [0.05, 0.1) is 30.1 Å². The Morgan fingerprint density at radius 3 is 2.69 bits per heavy atom. The molecule has 0 aliphatic rings. The fourth-order valence-corrected chi connectivity index (χ4v) is 2.54. The molecule has 1 amide bonds. The molecule has 6 heteroatoms. The lowest BCUT2D eigenvalue weighted by atomic mass is 10.1. The zero-order valence-corrected chi connectivity index (χ0v) is 14.3. The van der Waals surface area contributed by atoms with Crippen molar-refractivity contribution in [2.75, 3.05) is 6.61 Å². The molecule has 0 spiro atoms. The molecule has 130 valence electrons. The average molecular weight is 346 g/mol. The maximum Gasteiger partial charge on any atom is 0.256 e. The fraction of sp³-hybridized carbons (Fsp3) is 0.150. The first kappa shape index (κ1) is 17.2. The number of rotatable bonds is 6. The van der Waals surface area contributed by atoms with Crippen LogP contribution in [0.1, 0.15) is 28.9 Å². The molecule has 1 atom stereocenters. The molecule has 1 heterocycles. The second-order valence-corrected chi connectivity index (χ2v) is 5.52. The van der Waals surface area contributed by atoms with Crippen LogP contribution in [0.3, 0.4) is 0 Å². The number of nitriles is 1. The summed E-state index contributed by atoms with van der Waals surface area (Å²) >= 11 is 0. The molecule has 0 radical (unpaired) electrons. The molecular formula is C20H18N4O2. The van der Waals surface area contributed by atoms with Crippen molar-refractivity contribution in [3.8, 4) is 17.5 Å². The molecule has 0 aliphatic carbocycles. The summed E-state index contributed by atoms with van der Waals surface area (Å²) in [4.78, 5) is 12.6. The maximum absolute atomic E-state index is 12.6. The van der Waals surface area contributed by atoms with Gasteiger partial charge in [-0.3, -0.25) is 4.79 Å². The third kappa shape index (κ3) is 3.73. The number of para-hydroxylation sites is 2. The minimum absolute atomic E-state index is 0.368. The largest absolute Gasteiger partial charge is 0.493 e. The first-order valence-electron chi connectivity index (χ1n) is 8.25. The highest BCUT2D eigenvalue weighted by molar-refractivity contribution is 5.97. The molecule has 0 fully saturated rings. The van der Waals surface area contributed by atoms with E-state index in [1.54, 1.807) is 41.3 Å². The number of hydrogen-bond donors (Lipinski definition) is 1. The van der Waals surface area contributed by atoms with Crippen LogP contribution < -0.4 is 10.1 Å². The van der Waals surface area contributed by atoms with Crippen LogP contribution in [0.5, 0.6) is 5.75 Å². The molecular weight excluding hydrogens is 328 g/mol. The summed E-state index contributed by atoms with van der Waals surface area (Å²) in [5, 5.41) is 16.5. The van der Waals surface area contributed by atoms with E-state index in [2.05, 4.69) is 16.5 Å². The van der Waals surface area contributed by atoms with Gasteiger partial charge in [0.15, 0.2) is 0 Å². The van der Waals surface area contributed by atoms with E-state index < -0.39 is 6.04 Å². The van der Waals surface area contributed by atoms with Crippen molar-refractivity contribution < 1.29 is 9.53 Å². The zero-order valence-electron chi connectivity index (χ0n) is 14.3. The summed E-state index contributed by atoms with van der Waals surface area (Å²) in [5.74, 6) is 0.122. The monoisotopic (exact) mass is 346 g/mol. The highest BCUT2D eigenvalue weighted by atomic mass is 16.5. The minimum Gasteiger partial charge on any atom is -0.493 e. The number of carbonyl (C=O) groups excluding carboxylic acids is 1. The third-order valence-electron chi connectivity index (χ3n) is 3.79. The molecule has 1 N–H and O–H groups in total. The highest BCUT2D eigenvalue weighted by Crippen LogP contribution is 2.20. The zero-order chi connectivity index (χ0) is 18.4. The van der Waals surface area contributed by atoms with E-state index in [4.69, 9.17) is 4.74 Å². The van der Waals surface area contributed by atoms with Gasteiger partial charge < -0.3 is 10.1 Å². The molecule has 1 aromatic heterocycles. The van der Waals surface area contributed by atoms with Crippen molar-refractivity contribution >= 4 is 5.91 Å². The maximum atomic E-state index is 12.6. The van der Waals surface area contributed by atoms with Gasteiger partial charge in [-0.05, 0) is 31.2 Å². The molecule has 6 nitrogen and oxygen atoms in total. The van der Waals surface area contributed by atoms with Crippen LogP contribution in [-0.2, 0) is 0 Å². The Labute approximate surface area is 151 Å². The van der Waals surface area contributed by atoms with E-state index >= 15 is 0 Å². The topological polar surface area (TPSA) is 79.9 Å². The lowest BCUT2D eigenvalue weighted by Gasteiger charge is -2.13. The Balaban J connectivity index is 1.80. The quantitative estimate of drug-likeness (QED) is 0.743. The number of carbonyl (C=O) groups is 1. The van der Waals surface area contributed by atoms with E-state index in [1.165, 1.54) is 0 Å². The van der Waals surface area contributed by atoms with Crippen molar-refractivity contribution in [3.05, 3.63) is 78.1 Å². The Morgan fingerprint density at radius 2 is 1.96 bits per heavy atom. The van der Waals surface area contributed by atoms with E-state index in [-0.39, 0.29) is 5.91 Å². The van der Waals surface area contributed by atoms with Crippen LogP contribution in [-0.4, -0.2) is 22.3 Å². The Kier molecular flexibility index (Phi) is 5.30. The van der Waals surface area contributed by atoms with Crippen molar-refractivity contribution in [1.82, 2.24) is 15.1 Å². The van der Waals surface area contributed by atoms with Crippen molar-refractivity contribution in [3.63, 3.8) is 0 Å². The highest BCUT2D eigenvalue weighted by Gasteiger charge is 2.19. The first-order chi connectivity index (χ1) is 12.7. The molecule has 0 saturated carbocycles. The second kappa shape index (κ2) is 7.99. The number of benzene rings is 2. The predicted molar refractivity (Wildman–Crippen MR) is 97.0 cm³/mol. The molecule has 3 rings (SSSR count). The molecule has 0 bridgehead atoms. The van der Waals surface area contributed by atoms with Gasteiger partial charge in [0.25, 0.3) is 5.91 Å². The molecule has 26 heavy (non-hydrogen) atoms. The van der Waals surface area contributed by atoms with Crippen LogP contribution in [0.25, 0.3) is 5.69 Å². The van der Waals surface area contributed by atoms with Gasteiger partial charge in [0, 0.05) is 11.8 Å². The third-order valence-corrected chi connectivity index (χ3v) is 3.79. The molecule has 0 aliphatic heterocycles. The Bertz CT molecular complexity index is 928. The van der Waals surface area contributed by atoms with Gasteiger partial charge in [-0.1, -0.05) is 30.3 Å². The average Bonchev–Trinajstić information content (AvgIpc) is 3.17. The number of nitrogens with one attached hydrogen (secondary N) is 1. The van der Waals surface area contributed by atoms with Crippen LogP contribution in [0.15, 0.2) is 67.0 Å². The normalized spacial score (nSPS) is 11.4. The van der Waals surface area contributed by atoms with Crippen LogP contribution >= 0.6 is 0 Å². The van der Waals surface area contributed by atoms with E-state index in [9.17, 15) is 10.1 Å². The van der Waals surface area contributed by atoms with Crippen LogP contribution in [0.4, 0.5) is 0 Å². The number of hydrogen-bond acceptors (Lipinski definition) is 4. The van der Waals surface area contributed by atoms with E-state index in [1.807, 2.05) is 37.3 Å². The summed E-state index contributed by atoms with van der Waals surface area (Å²) < 4.78 is 7.15. The summed E-state index contributed by atoms with van der Waals surface area (Å²) in [7, 11) is 0. The van der Waals surface area contributed by atoms with Gasteiger partial charge >= 0.3 is 0 Å². The van der Waals surface area contributed by atoms with Gasteiger partial charge in [-0.15, -0.1) is 0 Å². The number of nitrogens with zero attached hydrogens (tertiary/aromatic N) is 3. The summed E-state index contributed by atoms with van der Waals surface area (Å²) in [6.07, 6.45) is 3.31. The molecule has 1 unspecified atom stereocenters. The molecule has 3 aromatic rings. The molecule has 2 aromatic carbocycles. The van der Waals surface area contributed by atoms with Crippen molar-refractivity contribution in [2.45, 2.75) is 13.0 Å². The van der Waals surface area contributed by atoms with Gasteiger partial charge in [-0.25, -0.2) is 4.68 Å². The van der Waals surface area contributed by atoms with Crippen LogP contribution in [0, 0.1) is 11.3 Å². The first-order valence-corrected chi connectivity index (χ1v) is 8.25. The Hall–Kier alpha value is -3.59. The van der Waals surface area contributed by atoms with E-state index in [0.29, 0.717) is 23.5 Å². The number of ether oxygens (including phenoxy) is 1. The van der Waals surface area contributed by atoms with Crippen LogP contribution in [0.2, 0.25) is 0 Å². The SMILES string of the molecule is CCOc1ccccc1C(=O)NC(C#N)c1cnn(-c2ccccc2)c1. The molecule has 0 saturated heterocycles. The summed E-state index contributed by atoms with van der Waals surface area (Å²) in [6.45, 7) is 2.31. The lowest BCUT2D eigenvalue weighted by molar-refractivity contribution is 0.0941. The fourth-order valence-electron chi connectivity index (χ4n) is 2.54. The number of amides is 1. The van der Waals surface area contributed by atoms with Gasteiger partial charge in [-0.2, -0.15) is 10.4 Å². The predicted octanol–water partition coefficient (Wildman–Crippen LogP) is 3.27. The van der Waals surface area contributed by atoms with Crippen molar-refractivity contribution in [1.29, 1.82) is 5.26 Å². The Morgan fingerprint density at radius 1 is 1.23 bits per heavy atom. The van der Waals surface area contributed by atoms with Gasteiger partial charge in [0.2, 0.25) is 0 Å². The summed E-state index contributed by atoms with van der Waals surface area (Å²) in [5.41, 5.74) is 1.88. The number of aromatic nitrogens is 2. The van der Waals surface area contributed by atoms with Gasteiger partial charge in [0.1, 0.15) is 11.8 Å². The smallest absolute Gasteiger partial charge is 0.256 e. The summed E-state index contributed by atoms with van der Waals surface area (Å²) in [6, 6.07) is 17.8. The second-order valence-electron chi connectivity index (χ2n) is 5.52. The van der Waals surface area contributed by atoms with Crippen molar-refractivity contribution in [2.24, 2.45) is 0 Å². The van der Waals surface area contributed by atoms with E-state index in [0.717, 1.165) is 5.69 Å². The standard InChI is InChI=1S/C20H18N4O2/c1-2-26-19-11-7-6-10-17(19)20(25)23-18(12-21)15-13-22-24(14-15)16-8-4-3-5-9-16/h3-11,13-14,18H,2H2,1H3,(H,23,25).